The van der Waals surface area contributed by atoms with Gasteiger partial charge in [0, 0.05) is 24.9 Å². The molecule has 1 saturated heterocycles. The molecule has 7 nitrogen and oxygen atoms in total. The van der Waals surface area contributed by atoms with Crippen LogP contribution in [0.15, 0.2) is 23.3 Å². The molecule has 1 aliphatic heterocycles. The van der Waals surface area contributed by atoms with Crippen LogP contribution in [0.2, 0.25) is 0 Å². The van der Waals surface area contributed by atoms with Crippen molar-refractivity contribution in [2.75, 3.05) is 18.4 Å². The predicted octanol–water partition coefficient (Wildman–Crippen LogP) is 1.41. The molecule has 0 bridgehead atoms. The maximum Gasteiger partial charge on any atom is 0.329 e. The summed E-state index contributed by atoms with van der Waals surface area (Å²) in [4.78, 5) is 36.7. The molecule has 1 fully saturated rings. The lowest BCUT2D eigenvalue weighted by atomic mass is 10.2. The smallest absolute Gasteiger partial charge is 0.329 e. The Balaban J connectivity index is 1.84. The molecule has 3 amide bonds. The summed E-state index contributed by atoms with van der Waals surface area (Å²) in [6.07, 6.45) is 1.50. The maximum absolute atomic E-state index is 13.5. The SMILES string of the molecule is CC(CC(=O)Nc1ccc(F)cc1F)=NNC(=O)C(=O)N1CCCC1. The van der Waals surface area contributed by atoms with E-state index in [-0.39, 0.29) is 17.8 Å². The van der Waals surface area contributed by atoms with Crippen molar-refractivity contribution in [1.82, 2.24) is 10.3 Å². The number of likely N-dealkylation sites (tertiary alicyclic amines) is 1. The third kappa shape index (κ3) is 5.33. The number of hydrogen-bond donors (Lipinski definition) is 2. The van der Waals surface area contributed by atoms with Crippen molar-refractivity contribution >= 4 is 29.1 Å². The summed E-state index contributed by atoms with van der Waals surface area (Å²) in [5.41, 5.74) is 2.17. The van der Waals surface area contributed by atoms with E-state index in [0.717, 1.165) is 25.0 Å². The number of benzene rings is 1. The molecule has 0 spiro atoms. The van der Waals surface area contributed by atoms with Crippen LogP contribution in [0.4, 0.5) is 14.5 Å². The van der Waals surface area contributed by atoms with E-state index in [9.17, 15) is 23.2 Å². The first-order valence-corrected chi connectivity index (χ1v) is 7.74. The van der Waals surface area contributed by atoms with Crippen molar-refractivity contribution in [1.29, 1.82) is 0 Å². The molecule has 9 heteroatoms. The number of nitrogens with zero attached hydrogens (tertiary/aromatic N) is 2. The van der Waals surface area contributed by atoms with Crippen LogP contribution in [-0.4, -0.2) is 41.4 Å². The summed E-state index contributed by atoms with van der Waals surface area (Å²) < 4.78 is 26.3. The van der Waals surface area contributed by atoms with E-state index in [0.29, 0.717) is 19.2 Å². The van der Waals surface area contributed by atoms with E-state index in [4.69, 9.17) is 0 Å². The topological polar surface area (TPSA) is 90.9 Å². The molecule has 0 atom stereocenters. The van der Waals surface area contributed by atoms with Gasteiger partial charge in [0.25, 0.3) is 0 Å². The van der Waals surface area contributed by atoms with Gasteiger partial charge in [-0.05, 0) is 31.9 Å². The van der Waals surface area contributed by atoms with Crippen molar-refractivity contribution < 1.29 is 23.2 Å². The standard InChI is InChI=1S/C16H18F2N4O3/c1-10(20-21-15(24)16(25)22-6-2-3-7-22)8-14(23)19-13-5-4-11(17)9-12(13)18/h4-5,9H,2-3,6-8H2,1H3,(H,19,23)(H,21,24). The van der Waals surface area contributed by atoms with Gasteiger partial charge in [-0.25, -0.2) is 14.2 Å². The molecule has 1 aromatic carbocycles. The number of anilines is 1. The van der Waals surface area contributed by atoms with Crippen LogP contribution in [0.5, 0.6) is 0 Å². The molecule has 2 N–H and O–H groups in total. The number of carbonyl (C=O) groups excluding carboxylic acids is 3. The molecular formula is C16H18F2N4O3. The van der Waals surface area contributed by atoms with Crippen LogP contribution in [0.25, 0.3) is 0 Å². The van der Waals surface area contributed by atoms with Crippen molar-refractivity contribution in [3.63, 3.8) is 0 Å². The van der Waals surface area contributed by atoms with Gasteiger partial charge in [0.15, 0.2) is 0 Å². The first kappa shape index (κ1) is 18.5. The summed E-state index contributed by atoms with van der Waals surface area (Å²) in [7, 11) is 0. The molecule has 1 heterocycles. The lowest BCUT2D eigenvalue weighted by Crippen LogP contribution is -2.40. The van der Waals surface area contributed by atoms with Crippen LogP contribution in [-0.2, 0) is 14.4 Å². The molecule has 0 aliphatic carbocycles. The van der Waals surface area contributed by atoms with E-state index in [1.807, 2.05) is 0 Å². The summed E-state index contributed by atoms with van der Waals surface area (Å²) in [6, 6.07) is 2.77. The van der Waals surface area contributed by atoms with Gasteiger partial charge in [-0.3, -0.25) is 14.4 Å². The molecule has 0 saturated carbocycles. The van der Waals surface area contributed by atoms with E-state index < -0.39 is 29.4 Å². The lowest BCUT2D eigenvalue weighted by Gasteiger charge is -2.13. The summed E-state index contributed by atoms with van der Waals surface area (Å²) in [5.74, 6) is -3.77. The normalized spacial score (nSPS) is 14.4. The molecule has 0 radical (unpaired) electrons. The number of hydrazone groups is 1. The van der Waals surface area contributed by atoms with Gasteiger partial charge in [-0.2, -0.15) is 5.10 Å². The molecule has 25 heavy (non-hydrogen) atoms. The minimum atomic E-state index is -0.896. The zero-order valence-electron chi connectivity index (χ0n) is 13.6. The zero-order chi connectivity index (χ0) is 18.4. The van der Waals surface area contributed by atoms with Crippen LogP contribution in [0.1, 0.15) is 26.2 Å². The monoisotopic (exact) mass is 352 g/mol. The van der Waals surface area contributed by atoms with Crippen LogP contribution in [0, 0.1) is 11.6 Å². The van der Waals surface area contributed by atoms with Gasteiger partial charge >= 0.3 is 11.8 Å². The zero-order valence-corrected chi connectivity index (χ0v) is 13.6. The molecular weight excluding hydrogens is 334 g/mol. The highest BCUT2D eigenvalue weighted by Crippen LogP contribution is 2.15. The van der Waals surface area contributed by atoms with E-state index >= 15 is 0 Å². The number of carbonyl (C=O) groups is 3. The van der Waals surface area contributed by atoms with Crippen LogP contribution in [0.3, 0.4) is 0 Å². The Kier molecular flexibility index (Phi) is 6.15. The molecule has 1 aliphatic rings. The highest BCUT2D eigenvalue weighted by molar-refractivity contribution is 6.35. The predicted molar refractivity (Wildman–Crippen MR) is 86.7 cm³/mol. The summed E-state index contributed by atoms with van der Waals surface area (Å²) >= 11 is 0. The minimum Gasteiger partial charge on any atom is -0.334 e. The Bertz CT molecular complexity index is 715. The third-order valence-electron chi connectivity index (χ3n) is 3.56. The molecule has 0 unspecified atom stereocenters. The number of halogens is 2. The average Bonchev–Trinajstić information content (AvgIpc) is 3.09. The Hall–Kier alpha value is -2.84. The molecule has 0 aromatic heterocycles. The summed E-state index contributed by atoms with van der Waals surface area (Å²) in [6.45, 7) is 2.56. The van der Waals surface area contributed by atoms with Crippen LogP contribution >= 0.6 is 0 Å². The Morgan fingerprint density at radius 2 is 1.88 bits per heavy atom. The fraction of sp³-hybridized carbons (Fsp3) is 0.375. The Morgan fingerprint density at radius 3 is 2.52 bits per heavy atom. The fourth-order valence-electron chi connectivity index (χ4n) is 2.31. The van der Waals surface area contributed by atoms with Gasteiger partial charge in [0.2, 0.25) is 5.91 Å². The fourth-order valence-corrected chi connectivity index (χ4v) is 2.31. The van der Waals surface area contributed by atoms with Crippen molar-refractivity contribution in [2.24, 2.45) is 5.10 Å². The second kappa shape index (κ2) is 8.32. The number of amides is 3. The van der Waals surface area contributed by atoms with Gasteiger partial charge in [0.05, 0.1) is 12.1 Å². The Morgan fingerprint density at radius 1 is 1.20 bits per heavy atom. The first-order chi connectivity index (χ1) is 11.9. The summed E-state index contributed by atoms with van der Waals surface area (Å²) in [5, 5.41) is 5.96. The number of hydrogen-bond acceptors (Lipinski definition) is 4. The molecule has 134 valence electrons. The van der Waals surface area contributed by atoms with Crippen molar-refractivity contribution in [2.45, 2.75) is 26.2 Å². The molecule has 2 rings (SSSR count). The highest BCUT2D eigenvalue weighted by atomic mass is 19.1. The average molecular weight is 352 g/mol. The van der Waals surface area contributed by atoms with Crippen molar-refractivity contribution in [3.05, 3.63) is 29.8 Å². The number of nitrogens with one attached hydrogen (secondary N) is 2. The van der Waals surface area contributed by atoms with Gasteiger partial charge < -0.3 is 10.2 Å². The Labute approximate surface area is 143 Å². The largest absolute Gasteiger partial charge is 0.334 e. The van der Waals surface area contributed by atoms with E-state index in [2.05, 4.69) is 15.8 Å². The third-order valence-corrected chi connectivity index (χ3v) is 3.56. The number of rotatable bonds is 4. The van der Waals surface area contributed by atoms with E-state index in [1.54, 1.807) is 0 Å². The second-order valence-corrected chi connectivity index (χ2v) is 5.64. The quantitative estimate of drug-likeness (QED) is 0.488. The maximum atomic E-state index is 13.5. The van der Waals surface area contributed by atoms with Crippen LogP contribution < -0.4 is 10.7 Å². The lowest BCUT2D eigenvalue weighted by molar-refractivity contribution is -0.145. The second-order valence-electron chi connectivity index (χ2n) is 5.64. The van der Waals surface area contributed by atoms with E-state index in [1.165, 1.54) is 11.8 Å². The first-order valence-electron chi connectivity index (χ1n) is 7.74. The van der Waals surface area contributed by atoms with Gasteiger partial charge in [0.1, 0.15) is 11.6 Å². The minimum absolute atomic E-state index is 0.160. The van der Waals surface area contributed by atoms with Crippen molar-refractivity contribution in [3.8, 4) is 0 Å². The molecule has 1 aromatic rings. The van der Waals surface area contributed by atoms with Gasteiger partial charge in [-0.1, -0.05) is 0 Å². The van der Waals surface area contributed by atoms with Gasteiger partial charge in [-0.15, -0.1) is 0 Å². The highest BCUT2D eigenvalue weighted by Gasteiger charge is 2.24.